The van der Waals surface area contributed by atoms with E-state index in [2.05, 4.69) is 0 Å². The van der Waals surface area contributed by atoms with Crippen LogP contribution in [0.15, 0.2) is 42.5 Å². The summed E-state index contributed by atoms with van der Waals surface area (Å²) in [5.41, 5.74) is 0.941. The maximum absolute atomic E-state index is 13.2. The predicted molar refractivity (Wildman–Crippen MR) is 107 cm³/mol. The highest BCUT2D eigenvalue weighted by Gasteiger charge is 2.52. The average Bonchev–Trinajstić information content (AvgIpc) is 3.40. The van der Waals surface area contributed by atoms with E-state index in [1.54, 1.807) is 4.90 Å². The average molecular weight is 396 g/mol. The van der Waals surface area contributed by atoms with Crippen LogP contribution in [0.4, 0.5) is 5.69 Å². The molecule has 1 saturated heterocycles. The van der Waals surface area contributed by atoms with Crippen LogP contribution in [-0.4, -0.2) is 35.4 Å². The van der Waals surface area contributed by atoms with Gasteiger partial charge in [-0.05, 0) is 37.2 Å². The van der Waals surface area contributed by atoms with Crippen molar-refractivity contribution < 1.29 is 19.2 Å². The molecule has 152 valence electrons. The SMILES string of the molecule is COc1cc(C(=O)N2CC3(CC3)C[C@H]2C)c([N+](=O)[O-])cc1OCc1ccccc1. The van der Waals surface area contributed by atoms with Gasteiger partial charge in [-0.15, -0.1) is 0 Å². The second-order valence-corrected chi connectivity index (χ2v) is 8.04. The zero-order chi connectivity index (χ0) is 20.6. The van der Waals surface area contributed by atoms with E-state index >= 15 is 0 Å². The first-order valence-electron chi connectivity index (χ1n) is 9.76. The normalized spacial score (nSPS) is 19.2. The lowest BCUT2D eigenvalue weighted by molar-refractivity contribution is -0.385. The fourth-order valence-electron chi connectivity index (χ4n) is 4.16. The molecule has 0 aromatic heterocycles. The molecule has 2 aromatic rings. The number of hydrogen-bond acceptors (Lipinski definition) is 5. The molecule has 7 heteroatoms. The molecule has 1 heterocycles. The number of nitro benzene ring substituents is 1. The monoisotopic (exact) mass is 396 g/mol. The van der Waals surface area contributed by atoms with Crippen molar-refractivity contribution in [3.8, 4) is 11.5 Å². The fraction of sp³-hybridized carbons (Fsp3) is 0.409. The van der Waals surface area contributed by atoms with E-state index in [0.717, 1.165) is 24.8 Å². The van der Waals surface area contributed by atoms with Crippen molar-refractivity contribution in [1.82, 2.24) is 4.90 Å². The van der Waals surface area contributed by atoms with E-state index in [0.29, 0.717) is 12.3 Å². The topological polar surface area (TPSA) is 81.9 Å². The van der Waals surface area contributed by atoms with Gasteiger partial charge in [-0.2, -0.15) is 0 Å². The number of nitrogens with zero attached hydrogens (tertiary/aromatic N) is 2. The summed E-state index contributed by atoms with van der Waals surface area (Å²) < 4.78 is 11.2. The number of nitro groups is 1. The van der Waals surface area contributed by atoms with Gasteiger partial charge >= 0.3 is 0 Å². The summed E-state index contributed by atoms with van der Waals surface area (Å²) in [4.78, 5) is 26.1. The van der Waals surface area contributed by atoms with Gasteiger partial charge in [0.15, 0.2) is 11.5 Å². The number of carbonyl (C=O) groups excluding carboxylic acids is 1. The molecule has 1 spiro atoms. The molecule has 1 atom stereocenters. The van der Waals surface area contributed by atoms with E-state index in [1.807, 2.05) is 37.3 Å². The Labute approximate surface area is 169 Å². The van der Waals surface area contributed by atoms with Crippen LogP contribution in [0.2, 0.25) is 0 Å². The molecule has 2 fully saturated rings. The second kappa shape index (κ2) is 7.39. The quantitative estimate of drug-likeness (QED) is 0.540. The minimum absolute atomic E-state index is 0.0449. The third-order valence-electron chi connectivity index (χ3n) is 5.93. The first kappa shape index (κ1) is 19.2. The number of likely N-dealkylation sites (tertiary alicyclic amines) is 1. The molecule has 0 N–H and O–H groups in total. The number of carbonyl (C=O) groups is 1. The molecule has 1 aliphatic carbocycles. The lowest BCUT2D eigenvalue weighted by atomic mass is 10.0. The highest BCUT2D eigenvalue weighted by atomic mass is 16.6. The fourth-order valence-corrected chi connectivity index (χ4v) is 4.16. The summed E-state index contributed by atoms with van der Waals surface area (Å²) in [5, 5.41) is 11.7. The zero-order valence-electron chi connectivity index (χ0n) is 16.6. The number of rotatable bonds is 6. The Morgan fingerprint density at radius 1 is 1.24 bits per heavy atom. The second-order valence-electron chi connectivity index (χ2n) is 8.04. The van der Waals surface area contributed by atoms with Crippen molar-refractivity contribution in [3.63, 3.8) is 0 Å². The van der Waals surface area contributed by atoms with Gasteiger partial charge in [-0.1, -0.05) is 30.3 Å². The Morgan fingerprint density at radius 3 is 2.55 bits per heavy atom. The number of methoxy groups -OCH3 is 1. The van der Waals surface area contributed by atoms with Gasteiger partial charge in [0, 0.05) is 18.7 Å². The lowest BCUT2D eigenvalue weighted by Gasteiger charge is -2.22. The Bertz CT molecular complexity index is 940. The van der Waals surface area contributed by atoms with Crippen LogP contribution in [0, 0.1) is 15.5 Å². The molecule has 29 heavy (non-hydrogen) atoms. The highest BCUT2D eigenvalue weighted by Crippen LogP contribution is 2.55. The molecule has 0 bridgehead atoms. The van der Waals surface area contributed by atoms with Crippen molar-refractivity contribution in [3.05, 3.63) is 63.7 Å². The number of benzene rings is 2. The van der Waals surface area contributed by atoms with Crippen LogP contribution in [-0.2, 0) is 6.61 Å². The molecular weight excluding hydrogens is 372 g/mol. The summed E-state index contributed by atoms with van der Waals surface area (Å²) in [6.45, 7) is 2.91. The maximum atomic E-state index is 13.2. The van der Waals surface area contributed by atoms with Gasteiger partial charge in [-0.25, -0.2) is 0 Å². The highest BCUT2D eigenvalue weighted by molar-refractivity contribution is 5.99. The standard InChI is InChI=1S/C22H24N2O5/c1-15-12-22(8-9-22)14-23(15)21(25)17-10-19(28-2)20(11-18(17)24(26)27)29-13-16-6-4-3-5-7-16/h3-7,10-11,15H,8-9,12-14H2,1-2H3/t15-/m1/s1. The van der Waals surface area contributed by atoms with E-state index in [-0.39, 0.29) is 41.0 Å². The van der Waals surface area contributed by atoms with Crippen LogP contribution in [0.5, 0.6) is 11.5 Å². The molecule has 0 unspecified atom stereocenters. The van der Waals surface area contributed by atoms with Gasteiger partial charge in [-0.3, -0.25) is 14.9 Å². The number of ether oxygens (including phenoxy) is 2. The summed E-state index contributed by atoms with van der Waals surface area (Å²) in [5.74, 6) is 0.233. The Morgan fingerprint density at radius 2 is 1.97 bits per heavy atom. The van der Waals surface area contributed by atoms with Crippen LogP contribution in [0.25, 0.3) is 0 Å². The first-order valence-corrected chi connectivity index (χ1v) is 9.76. The van der Waals surface area contributed by atoms with Gasteiger partial charge in [0.2, 0.25) is 0 Å². The molecular formula is C22H24N2O5. The van der Waals surface area contributed by atoms with Gasteiger partial charge in [0.05, 0.1) is 18.1 Å². The van der Waals surface area contributed by atoms with E-state index in [9.17, 15) is 14.9 Å². The smallest absolute Gasteiger partial charge is 0.286 e. The van der Waals surface area contributed by atoms with Crippen molar-refractivity contribution in [2.24, 2.45) is 5.41 Å². The third-order valence-corrected chi connectivity index (χ3v) is 5.93. The van der Waals surface area contributed by atoms with E-state index < -0.39 is 4.92 Å². The van der Waals surface area contributed by atoms with Crippen molar-refractivity contribution in [2.75, 3.05) is 13.7 Å². The van der Waals surface area contributed by atoms with Gasteiger partial charge in [0.1, 0.15) is 12.2 Å². The largest absolute Gasteiger partial charge is 0.493 e. The molecule has 4 rings (SSSR count). The van der Waals surface area contributed by atoms with Gasteiger partial charge in [0.25, 0.3) is 11.6 Å². The van der Waals surface area contributed by atoms with E-state index in [4.69, 9.17) is 9.47 Å². The van der Waals surface area contributed by atoms with E-state index in [1.165, 1.54) is 19.2 Å². The molecule has 0 radical (unpaired) electrons. The van der Waals surface area contributed by atoms with Crippen LogP contribution in [0.3, 0.4) is 0 Å². The summed E-state index contributed by atoms with van der Waals surface area (Å²) >= 11 is 0. The minimum atomic E-state index is -0.532. The summed E-state index contributed by atoms with van der Waals surface area (Å²) in [6.07, 6.45) is 3.21. The molecule has 7 nitrogen and oxygen atoms in total. The molecule has 1 aliphatic heterocycles. The van der Waals surface area contributed by atoms with Crippen LogP contribution in [0.1, 0.15) is 42.1 Å². The van der Waals surface area contributed by atoms with Crippen LogP contribution < -0.4 is 9.47 Å². The van der Waals surface area contributed by atoms with Crippen molar-refractivity contribution in [1.29, 1.82) is 0 Å². The first-order chi connectivity index (χ1) is 13.9. The third kappa shape index (κ3) is 3.77. The molecule has 2 aliphatic rings. The number of hydrogen-bond donors (Lipinski definition) is 0. The van der Waals surface area contributed by atoms with Crippen LogP contribution >= 0.6 is 0 Å². The zero-order valence-corrected chi connectivity index (χ0v) is 16.6. The molecule has 2 aromatic carbocycles. The van der Waals surface area contributed by atoms with Crippen molar-refractivity contribution in [2.45, 2.75) is 38.8 Å². The molecule has 1 amide bonds. The minimum Gasteiger partial charge on any atom is -0.493 e. The molecule has 1 saturated carbocycles. The lowest BCUT2D eigenvalue weighted by Crippen LogP contribution is -2.34. The van der Waals surface area contributed by atoms with Crippen molar-refractivity contribution >= 4 is 11.6 Å². The Hall–Kier alpha value is -3.09. The predicted octanol–water partition coefficient (Wildman–Crippen LogP) is 4.20. The van der Waals surface area contributed by atoms with Gasteiger partial charge < -0.3 is 14.4 Å². The Balaban J connectivity index is 1.63. The Kier molecular flexibility index (Phi) is 4.90. The maximum Gasteiger partial charge on any atom is 0.286 e. The number of amides is 1. The summed E-state index contributed by atoms with van der Waals surface area (Å²) in [7, 11) is 1.46. The summed E-state index contributed by atoms with van der Waals surface area (Å²) in [6, 6.07) is 12.3.